The molecule has 0 aliphatic rings. The lowest BCUT2D eigenvalue weighted by atomic mass is 10.1. The van der Waals surface area contributed by atoms with E-state index in [4.69, 9.17) is 0 Å². The molecular formula is C16H13N3OS. The summed E-state index contributed by atoms with van der Waals surface area (Å²) in [5.41, 5.74) is 3.90. The van der Waals surface area contributed by atoms with Crippen molar-refractivity contribution in [3.8, 4) is 11.3 Å². The number of thiazole rings is 1. The number of carbonyl (C=O) groups excluding carboxylic acids is 1. The van der Waals surface area contributed by atoms with Crippen molar-refractivity contribution in [2.75, 3.05) is 5.32 Å². The van der Waals surface area contributed by atoms with Crippen LogP contribution in [0.15, 0.2) is 54.2 Å². The molecule has 0 bridgehead atoms. The molecule has 0 saturated heterocycles. The maximum absolute atomic E-state index is 10.6. The smallest absolute Gasteiger partial charge is 0.211 e. The van der Waals surface area contributed by atoms with E-state index in [1.165, 1.54) is 0 Å². The molecule has 0 spiro atoms. The van der Waals surface area contributed by atoms with Crippen molar-refractivity contribution >= 4 is 23.4 Å². The van der Waals surface area contributed by atoms with Gasteiger partial charge in [0.25, 0.3) is 0 Å². The van der Waals surface area contributed by atoms with E-state index >= 15 is 0 Å². The van der Waals surface area contributed by atoms with Crippen molar-refractivity contribution in [1.82, 2.24) is 9.97 Å². The second-order valence-corrected chi connectivity index (χ2v) is 5.40. The van der Waals surface area contributed by atoms with Gasteiger partial charge in [0.2, 0.25) is 6.41 Å². The van der Waals surface area contributed by atoms with Crippen LogP contribution in [0.1, 0.15) is 10.6 Å². The summed E-state index contributed by atoms with van der Waals surface area (Å²) in [6.07, 6.45) is 4.92. The first kappa shape index (κ1) is 13.5. The highest BCUT2D eigenvalue weighted by molar-refractivity contribution is 7.10. The Morgan fingerprint density at radius 1 is 1.14 bits per heavy atom. The number of carbonyl (C=O) groups is 1. The Bertz CT molecular complexity index is 740. The summed E-state index contributed by atoms with van der Waals surface area (Å²) in [5.74, 6) is 0. The number of pyridine rings is 1. The lowest BCUT2D eigenvalue weighted by Gasteiger charge is -2.05. The van der Waals surface area contributed by atoms with Crippen LogP contribution in [-0.2, 0) is 11.2 Å². The molecule has 1 aromatic carbocycles. The standard InChI is InChI=1S/C16H13N3OS/c20-11-18-14-4-2-1-3-13(14)9-16-19-15(10-21-16)12-5-7-17-8-6-12/h1-8,10-11H,9H2,(H,18,20). The zero-order valence-corrected chi connectivity index (χ0v) is 12.0. The number of hydrogen-bond donors (Lipinski definition) is 1. The number of nitrogens with one attached hydrogen (secondary N) is 1. The fraction of sp³-hybridized carbons (Fsp3) is 0.0625. The summed E-state index contributed by atoms with van der Waals surface area (Å²) < 4.78 is 0. The number of benzene rings is 1. The van der Waals surface area contributed by atoms with E-state index in [2.05, 4.69) is 15.3 Å². The van der Waals surface area contributed by atoms with Crippen molar-refractivity contribution in [1.29, 1.82) is 0 Å². The topological polar surface area (TPSA) is 54.9 Å². The molecule has 21 heavy (non-hydrogen) atoms. The normalized spacial score (nSPS) is 10.3. The Kier molecular flexibility index (Phi) is 4.02. The highest BCUT2D eigenvalue weighted by Crippen LogP contribution is 2.25. The van der Waals surface area contributed by atoms with Crippen molar-refractivity contribution in [3.05, 3.63) is 64.7 Å². The average Bonchev–Trinajstić information content (AvgIpc) is 2.99. The van der Waals surface area contributed by atoms with Crippen molar-refractivity contribution in [2.45, 2.75) is 6.42 Å². The Hall–Kier alpha value is -2.53. The third-order valence-corrected chi connectivity index (χ3v) is 3.95. The molecule has 1 N–H and O–H groups in total. The van der Waals surface area contributed by atoms with Gasteiger partial charge >= 0.3 is 0 Å². The summed E-state index contributed by atoms with van der Waals surface area (Å²) >= 11 is 1.62. The molecule has 0 fully saturated rings. The zero-order valence-electron chi connectivity index (χ0n) is 11.2. The van der Waals surface area contributed by atoms with Gasteiger partial charge in [-0.2, -0.15) is 0 Å². The molecule has 2 heterocycles. The fourth-order valence-electron chi connectivity index (χ4n) is 2.09. The number of nitrogens with zero attached hydrogens (tertiary/aromatic N) is 2. The molecule has 0 unspecified atom stereocenters. The molecule has 0 saturated carbocycles. The second kappa shape index (κ2) is 6.28. The number of para-hydroxylation sites is 1. The highest BCUT2D eigenvalue weighted by Gasteiger charge is 2.07. The van der Waals surface area contributed by atoms with Crippen molar-refractivity contribution in [2.24, 2.45) is 0 Å². The van der Waals surface area contributed by atoms with Gasteiger partial charge in [-0.25, -0.2) is 4.98 Å². The van der Waals surface area contributed by atoms with Crippen LogP contribution in [0.4, 0.5) is 5.69 Å². The molecule has 0 aliphatic heterocycles. The van der Waals surface area contributed by atoms with Crippen LogP contribution in [0.3, 0.4) is 0 Å². The molecule has 0 aliphatic carbocycles. The molecule has 2 aromatic heterocycles. The van der Waals surface area contributed by atoms with Gasteiger partial charge in [0.1, 0.15) is 0 Å². The molecule has 5 heteroatoms. The predicted octanol–water partition coefficient (Wildman–Crippen LogP) is 3.36. The molecule has 1 amide bonds. The van der Waals surface area contributed by atoms with Gasteiger partial charge in [-0.3, -0.25) is 9.78 Å². The van der Waals surface area contributed by atoms with Crippen molar-refractivity contribution < 1.29 is 4.79 Å². The molecular weight excluding hydrogens is 282 g/mol. The monoisotopic (exact) mass is 295 g/mol. The van der Waals surface area contributed by atoms with Crippen LogP contribution >= 0.6 is 11.3 Å². The van der Waals surface area contributed by atoms with Crippen molar-refractivity contribution in [3.63, 3.8) is 0 Å². The summed E-state index contributed by atoms with van der Waals surface area (Å²) in [6, 6.07) is 11.6. The number of amides is 1. The van der Waals surface area contributed by atoms with Gasteiger partial charge < -0.3 is 5.32 Å². The van der Waals surface area contributed by atoms with E-state index < -0.39 is 0 Å². The lowest BCUT2D eigenvalue weighted by molar-refractivity contribution is -0.105. The van der Waals surface area contributed by atoms with Gasteiger partial charge in [0.05, 0.1) is 10.7 Å². The summed E-state index contributed by atoms with van der Waals surface area (Å²) in [5, 5.41) is 5.78. The van der Waals surface area contributed by atoms with E-state index in [1.54, 1.807) is 23.7 Å². The van der Waals surface area contributed by atoms with E-state index in [0.717, 1.165) is 27.5 Å². The Labute approximate surface area is 126 Å². The molecule has 0 radical (unpaired) electrons. The quantitative estimate of drug-likeness (QED) is 0.734. The summed E-state index contributed by atoms with van der Waals surface area (Å²) in [7, 11) is 0. The SMILES string of the molecule is O=CNc1ccccc1Cc1nc(-c2ccncc2)cs1. The first-order valence-electron chi connectivity index (χ1n) is 6.49. The van der Waals surface area contributed by atoms with E-state index in [-0.39, 0.29) is 0 Å². The lowest BCUT2D eigenvalue weighted by Crippen LogP contribution is -1.99. The first-order chi connectivity index (χ1) is 10.4. The van der Waals surface area contributed by atoms with Crippen LogP contribution in [-0.4, -0.2) is 16.4 Å². The molecule has 3 aromatic rings. The van der Waals surface area contributed by atoms with Gasteiger partial charge in [-0.15, -0.1) is 11.3 Å². The second-order valence-electron chi connectivity index (χ2n) is 4.46. The number of hydrogen-bond acceptors (Lipinski definition) is 4. The van der Waals surface area contributed by atoms with Crippen LogP contribution in [0.5, 0.6) is 0 Å². The number of anilines is 1. The van der Waals surface area contributed by atoms with Gasteiger partial charge in [0.15, 0.2) is 0 Å². The number of aromatic nitrogens is 2. The van der Waals surface area contributed by atoms with Crippen LogP contribution in [0.2, 0.25) is 0 Å². The maximum atomic E-state index is 10.6. The van der Waals surface area contributed by atoms with Gasteiger partial charge in [-0.1, -0.05) is 18.2 Å². The fourth-order valence-corrected chi connectivity index (χ4v) is 2.92. The minimum Gasteiger partial charge on any atom is -0.328 e. The van der Waals surface area contributed by atoms with Crippen LogP contribution in [0, 0.1) is 0 Å². The predicted molar refractivity (Wildman–Crippen MR) is 84.3 cm³/mol. The zero-order chi connectivity index (χ0) is 14.5. The minimum atomic E-state index is 0.698. The molecule has 4 nitrogen and oxygen atoms in total. The molecule has 0 atom stereocenters. The molecule has 104 valence electrons. The van der Waals surface area contributed by atoms with Crippen LogP contribution < -0.4 is 5.32 Å². The highest BCUT2D eigenvalue weighted by atomic mass is 32.1. The van der Waals surface area contributed by atoms with Crippen LogP contribution in [0.25, 0.3) is 11.3 Å². The largest absolute Gasteiger partial charge is 0.328 e. The Morgan fingerprint density at radius 2 is 1.95 bits per heavy atom. The minimum absolute atomic E-state index is 0.698. The summed E-state index contributed by atoms with van der Waals surface area (Å²) in [4.78, 5) is 19.3. The Balaban J connectivity index is 1.83. The Morgan fingerprint density at radius 3 is 2.76 bits per heavy atom. The van der Waals surface area contributed by atoms with E-state index in [1.807, 2.05) is 41.8 Å². The third kappa shape index (κ3) is 3.14. The average molecular weight is 295 g/mol. The number of rotatable bonds is 5. The molecule has 3 rings (SSSR count). The first-order valence-corrected chi connectivity index (χ1v) is 7.37. The van der Waals surface area contributed by atoms with E-state index in [0.29, 0.717) is 12.8 Å². The maximum Gasteiger partial charge on any atom is 0.211 e. The third-order valence-electron chi connectivity index (χ3n) is 3.10. The van der Waals surface area contributed by atoms with E-state index in [9.17, 15) is 4.79 Å². The van der Waals surface area contributed by atoms with Gasteiger partial charge in [0, 0.05) is 35.4 Å². The summed E-state index contributed by atoms with van der Waals surface area (Å²) in [6.45, 7) is 0. The van der Waals surface area contributed by atoms with Gasteiger partial charge in [-0.05, 0) is 23.8 Å².